The van der Waals surface area contributed by atoms with Crippen LogP contribution in [-0.4, -0.2) is 27.4 Å². The van der Waals surface area contributed by atoms with E-state index in [1.54, 1.807) is 33.5 Å². The fourth-order valence-corrected chi connectivity index (χ4v) is 3.91. The number of ether oxygens (including phenoxy) is 3. The Balaban J connectivity index is 2.74. The summed E-state index contributed by atoms with van der Waals surface area (Å²) in [6, 6.07) is 1.76. The van der Waals surface area contributed by atoms with Crippen molar-refractivity contribution in [3.63, 3.8) is 0 Å². The number of carbonyl (C=O) groups excluding carboxylic acids is 1. The van der Waals surface area contributed by atoms with Crippen LogP contribution in [0.2, 0.25) is 0 Å². The van der Waals surface area contributed by atoms with Gasteiger partial charge in [-0.1, -0.05) is 12.8 Å². The lowest BCUT2D eigenvalue weighted by molar-refractivity contribution is 0.336. The van der Waals surface area contributed by atoms with Crippen LogP contribution in [-0.2, 0) is 10.3 Å². The summed E-state index contributed by atoms with van der Waals surface area (Å²) in [5, 5.41) is 0. The highest BCUT2D eigenvalue weighted by Crippen LogP contribution is 2.53. The first kappa shape index (κ1) is 15.9. The average molecular weight is 356 g/mol. The number of isocyanates is 1. The third-order valence-corrected chi connectivity index (χ3v) is 4.71. The number of aliphatic imine (C=N–C) groups is 1. The number of hydrogen-bond donors (Lipinski definition) is 0. The van der Waals surface area contributed by atoms with Crippen LogP contribution in [0.1, 0.15) is 31.2 Å². The predicted molar refractivity (Wildman–Crippen MR) is 82.1 cm³/mol. The lowest BCUT2D eigenvalue weighted by atomic mass is 9.87. The van der Waals surface area contributed by atoms with Crippen LogP contribution < -0.4 is 14.2 Å². The molecule has 0 bridgehead atoms. The number of nitrogens with zero attached hydrogens (tertiary/aromatic N) is 1. The van der Waals surface area contributed by atoms with Crippen LogP contribution in [0.3, 0.4) is 0 Å². The Bertz CT molecular complexity index is 576. The summed E-state index contributed by atoms with van der Waals surface area (Å²) in [6.45, 7) is 0. The quantitative estimate of drug-likeness (QED) is 0.598. The van der Waals surface area contributed by atoms with E-state index in [0.29, 0.717) is 21.7 Å². The van der Waals surface area contributed by atoms with E-state index >= 15 is 0 Å². The Hall–Kier alpha value is -1.52. The molecule has 0 saturated heterocycles. The van der Waals surface area contributed by atoms with Crippen molar-refractivity contribution in [3.05, 3.63) is 16.1 Å². The molecule has 0 aromatic heterocycles. The van der Waals surface area contributed by atoms with Crippen molar-refractivity contribution in [2.24, 2.45) is 4.99 Å². The van der Waals surface area contributed by atoms with Gasteiger partial charge in [0.15, 0.2) is 11.5 Å². The molecular formula is C15H18BrNO4. The predicted octanol–water partition coefficient (Wildman–Crippen LogP) is 3.58. The molecule has 5 nitrogen and oxygen atoms in total. The fraction of sp³-hybridized carbons (Fsp3) is 0.533. The average Bonchev–Trinajstić information content (AvgIpc) is 2.95. The molecule has 1 aromatic rings. The van der Waals surface area contributed by atoms with E-state index in [4.69, 9.17) is 14.2 Å². The molecule has 0 atom stereocenters. The Labute approximate surface area is 132 Å². The third kappa shape index (κ3) is 2.65. The van der Waals surface area contributed by atoms with Crippen LogP contribution in [0.15, 0.2) is 15.5 Å². The first-order valence-electron chi connectivity index (χ1n) is 6.71. The van der Waals surface area contributed by atoms with Gasteiger partial charge < -0.3 is 14.2 Å². The highest BCUT2D eigenvalue weighted by molar-refractivity contribution is 9.10. The van der Waals surface area contributed by atoms with Crippen LogP contribution in [0.25, 0.3) is 0 Å². The van der Waals surface area contributed by atoms with Crippen LogP contribution in [0.5, 0.6) is 17.2 Å². The second-order valence-electron chi connectivity index (χ2n) is 4.95. The Morgan fingerprint density at radius 1 is 1.14 bits per heavy atom. The molecule has 1 aromatic carbocycles. The van der Waals surface area contributed by atoms with Gasteiger partial charge in [0, 0.05) is 11.6 Å². The smallest absolute Gasteiger partial charge is 0.235 e. The van der Waals surface area contributed by atoms with Crippen molar-refractivity contribution in [3.8, 4) is 17.2 Å². The Morgan fingerprint density at radius 2 is 1.76 bits per heavy atom. The molecule has 21 heavy (non-hydrogen) atoms. The molecule has 0 heterocycles. The molecule has 1 aliphatic carbocycles. The van der Waals surface area contributed by atoms with Gasteiger partial charge in [0.05, 0.1) is 25.8 Å². The molecule has 1 saturated carbocycles. The number of hydrogen-bond acceptors (Lipinski definition) is 5. The normalized spacial score (nSPS) is 16.2. The number of methoxy groups -OCH3 is 3. The van der Waals surface area contributed by atoms with Crippen LogP contribution in [0, 0.1) is 0 Å². The van der Waals surface area contributed by atoms with Crippen molar-refractivity contribution < 1.29 is 19.0 Å². The summed E-state index contributed by atoms with van der Waals surface area (Å²) in [6.07, 6.45) is 5.31. The van der Waals surface area contributed by atoms with Gasteiger partial charge in [0.25, 0.3) is 0 Å². The summed E-state index contributed by atoms with van der Waals surface area (Å²) in [4.78, 5) is 15.0. The van der Waals surface area contributed by atoms with E-state index < -0.39 is 5.54 Å². The summed E-state index contributed by atoms with van der Waals surface area (Å²) in [7, 11) is 4.73. The maximum Gasteiger partial charge on any atom is 0.235 e. The number of rotatable bonds is 5. The third-order valence-electron chi connectivity index (χ3n) is 3.95. The van der Waals surface area contributed by atoms with Crippen molar-refractivity contribution in [2.75, 3.05) is 21.3 Å². The highest BCUT2D eigenvalue weighted by atomic mass is 79.9. The van der Waals surface area contributed by atoms with Gasteiger partial charge >= 0.3 is 0 Å². The molecule has 0 unspecified atom stereocenters. The lowest BCUT2D eigenvalue weighted by Gasteiger charge is -2.28. The lowest BCUT2D eigenvalue weighted by Crippen LogP contribution is -2.21. The molecule has 0 N–H and O–H groups in total. The zero-order valence-electron chi connectivity index (χ0n) is 12.4. The molecule has 0 radical (unpaired) electrons. The zero-order valence-corrected chi connectivity index (χ0v) is 13.9. The van der Waals surface area contributed by atoms with Crippen molar-refractivity contribution in [2.45, 2.75) is 31.2 Å². The molecule has 114 valence electrons. The van der Waals surface area contributed by atoms with Gasteiger partial charge in [-0.25, -0.2) is 4.79 Å². The van der Waals surface area contributed by atoms with E-state index in [9.17, 15) is 4.79 Å². The van der Waals surface area contributed by atoms with E-state index in [1.807, 2.05) is 0 Å². The van der Waals surface area contributed by atoms with Gasteiger partial charge in [-0.3, -0.25) is 0 Å². The second-order valence-corrected chi connectivity index (χ2v) is 5.74. The SMILES string of the molecule is COc1cc(OC)c(C2(N=C=O)CCCC2)c(Br)c1OC. The minimum atomic E-state index is -0.606. The fourth-order valence-electron chi connectivity index (χ4n) is 2.99. The van der Waals surface area contributed by atoms with E-state index in [2.05, 4.69) is 20.9 Å². The Kier molecular flexibility index (Phi) is 4.91. The molecule has 1 fully saturated rings. The van der Waals surface area contributed by atoms with Crippen molar-refractivity contribution >= 4 is 22.0 Å². The van der Waals surface area contributed by atoms with Gasteiger partial charge in [-0.2, -0.15) is 4.99 Å². The van der Waals surface area contributed by atoms with E-state index in [0.717, 1.165) is 31.2 Å². The van der Waals surface area contributed by atoms with Crippen LogP contribution >= 0.6 is 15.9 Å². The van der Waals surface area contributed by atoms with E-state index in [1.165, 1.54) is 0 Å². The molecule has 0 spiro atoms. The summed E-state index contributed by atoms with van der Waals surface area (Å²) in [5.74, 6) is 1.76. The largest absolute Gasteiger partial charge is 0.496 e. The first-order chi connectivity index (χ1) is 10.1. The number of benzene rings is 1. The molecule has 1 aliphatic rings. The molecule has 0 aliphatic heterocycles. The van der Waals surface area contributed by atoms with Gasteiger partial charge in [-0.05, 0) is 28.8 Å². The molecule has 0 amide bonds. The number of halogens is 1. The van der Waals surface area contributed by atoms with E-state index in [-0.39, 0.29) is 0 Å². The first-order valence-corrected chi connectivity index (χ1v) is 7.50. The van der Waals surface area contributed by atoms with Gasteiger partial charge in [0.1, 0.15) is 11.3 Å². The maximum atomic E-state index is 10.9. The second kappa shape index (κ2) is 6.50. The maximum absolute atomic E-state index is 10.9. The minimum Gasteiger partial charge on any atom is -0.496 e. The van der Waals surface area contributed by atoms with Crippen molar-refractivity contribution in [1.82, 2.24) is 0 Å². The standard InChI is InChI=1S/C15H18BrNO4/c1-19-10-8-11(20-2)14(21-3)13(16)12(10)15(17-9-18)6-4-5-7-15/h8H,4-7H2,1-3H3. The Morgan fingerprint density at radius 3 is 2.24 bits per heavy atom. The minimum absolute atomic E-state index is 0.563. The van der Waals surface area contributed by atoms with Gasteiger partial charge in [0.2, 0.25) is 6.08 Å². The summed E-state index contributed by atoms with van der Waals surface area (Å²) < 4.78 is 17.0. The topological polar surface area (TPSA) is 57.1 Å². The zero-order chi connectivity index (χ0) is 15.5. The van der Waals surface area contributed by atoms with Crippen LogP contribution in [0.4, 0.5) is 0 Å². The van der Waals surface area contributed by atoms with Gasteiger partial charge in [-0.15, -0.1) is 0 Å². The molecule has 2 rings (SSSR count). The molecular weight excluding hydrogens is 338 g/mol. The molecule has 6 heteroatoms. The highest BCUT2D eigenvalue weighted by Gasteiger charge is 2.41. The summed E-state index contributed by atoms with van der Waals surface area (Å²) >= 11 is 3.57. The summed E-state index contributed by atoms with van der Waals surface area (Å²) in [5.41, 5.74) is 0.217. The van der Waals surface area contributed by atoms with Crippen molar-refractivity contribution in [1.29, 1.82) is 0 Å². The monoisotopic (exact) mass is 355 g/mol.